The highest BCUT2D eigenvalue weighted by Gasteiger charge is 2.29. The van der Waals surface area contributed by atoms with Gasteiger partial charge in [0.2, 0.25) is 5.91 Å². The Morgan fingerprint density at radius 3 is 2.10 bits per heavy atom. The highest BCUT2D eigenvalue weighted by molar-refractivity contribution is 5.82. The Hall–Kier alpha value is -1.42. The molecule has 0 saturated carbocycles. The first-order valence-electron chi connectivity index (χ1n) is 6.94. The second-order valence-corrected chi connectivity index (χ2v) is 6.63. The summed E-state index contributed by atoms with van der Waals surface area (Å²) in [6.45, 7) is 9.81. The number of amides is 1. The highest BCUT2D eigenvalue weighted by atomic mass is 19.1. The van der Waals surface area contributed by atoms with Crippen molar-refractivity contribution in [3.05, 3.63) is 35.6 Å². The van der Waals surface area contributed by atoms with E-state index >= 15 is 0 Å². The van der Waals surface area contributed by atoms with Gasteiger partial charge in [0.15, 0.2) is 0 Å². The lowest BCUT2D eigenvalue weighted by Gasteiger charge is -2.30. The van der Waals surface area contributed by atoms with E-state index in [9.17, 15) is 9.18 Å². The van der Waals surface area contributed by atoms with Gasteiger partial charge in [-0.2, -0.15) is 0 Å². The van der Waals surface area contributed by atoms with E-state index in [0.29, 0.717) is 0 Å². The van der Waals surface area contributed by atoms with Crippen LogP contribution in [0, 0.1) is 17.2 Å². The molecule has 3 nitrogen and oxygen atoms in total. The Balaban J connectivity index is 2.89. The van der Waals surface area contributed by atoms with Crippen molar-refractivity contribution in [1.82, 2.24) is 5.32 Å². The Morgan fingerprint density at radius 1 is 1.20 bits per heavy atom. The summed E-state index contributed by atoms with van der Waals surface area (Å²) < 4.78 is 13.0. The number of carbonyl (C=O) groups excluding carboxylic acids is 1. The van der Waals surface area contributed by atoms with Crippen LogP contribution in [0.1, 0.15) is 46.2 Å². The summed E-state index contributed by atoms with van der Waals surface area (Å²) in [7, 11) is 0. The average molecular weight is 280 g/mol. The number of rotatable bonds is 4. The monoisotopic (exact) mass is 280 g/mol. The molecule has 0 saturated heterocycles. The Kier molecular flexibility index (Phi) is 5.28. The van der Waals surface area contributed by atoms with Crippen molar-refractivity contribution in [2.45, 2.75) is 46.7 Å². The average Bonchev–Trinajstić information content (AvgIpc) is 2.34. The van der Waals surface area contributed by atoms with E-state index in [1.165, 1.54) is 12.1 Å². The molecule has 0 aliphatic heterocycles. The van der Waals surface area contributed by atoms with Gasteiger partial charge in [-0.25, -0.2) is 4.39 Å². The van der Waals surface area contributed by atoms with E-state index in [-0.39, 0.29) is 29.1 Å². The molecule has 0 spiro atoms. The van der Waals surface area contributed by atoms with Crippen molar-refractivity contribution in [3.8, 4) is 0 Å². The number of benzene rings is 1. The van der Waals surface area contributed by atoms with Gasteiger partial charge in [0.05, 0.1) is 12.1 Å². The van der Waals surface area contributed by atoms with E-state index in [1.54, 1.807) is 12.1 Å². The van der Waals surface area contributed by atoms with E-state index in [0.717, 1.165) is 5.56 Å². The zero-order valence-electron chi connectivity index (χ0n) is 12.9. The first-order valence-corrected chi connectivity index (χ1v) is 6.94. The molecule has 20 heavy (non-hydrogen) atoms. The lowest BCUT2D eigenvalue weighted by Crippen LogP contribution is -2.50. The van der Waals surface area contributed by atoms with Crippen LogP contribution in [-0.2, 0) is 4.79 Å². The fourth-order valence-electron chi connectivity index (χ4n) is 1.94. The number of nitrogens with one attached hydrogen (secondary N) is 1. The van der Waals surface area contributed by atoms with Gasteiger partial charge < -0.3 is 11.1 Å². The van der Waals surface area contributed by atoms with Crippen LogP contribution in [0.5, 0.6) is 0 Å². The van der Waals surface area contributed by atoms with E-state index in [2.05, 4.69) is 5.32 Å². The zero-order valence-corrected chi connectivity index (χ0v) is 12.9. The molecule has 0 aromatic heterocycles. The van der Waals surface area contributed by atoms with Gasteiger partial charge in [0.25, 0.3) is 0 Å². The molecular weight excluding hydrogens is 255 g/mol. The predicted octanol–water partition coefficient (Wildman–Crippen LogP) is 3.01. The number of nitrogens with two attached hydrogens (primary N) is 1. The second-order valence-electron chi connectivity index (χ2n) is 6.63. The first kappa shape index (κ1) is 16.6. The van der Waals surface area contributed by atoms with Crippen LogP contribution in [0.15, 0.2) is 24.3 Å². The zero-order chi connectivity index (χ0) is 15.5. The maximum absolute atomic E-state index is 13.0. The molecule has 0 aliphatic rings. The summed E-state index contributed by atoms with van der Waals surface area (Å²) in [5, 5.41) is 2.97. The van der Waals surface area contributed by atoms with Gasteiger partial charge in [-0.05, 0) is 29.0 Å². The third-order valence-corrected chi connectivity index (χ3v) is 3.41. The van der Waals surface area contributed by atoms with Crippen LogP contribution < -0.4 is 11.1 Å². The minimum atomic E-state index is -0.579. The SMILES string of the molecule is CC(C)C(NC(=O)[C@H](N)C(C)(C)C)c1ccc(F)cc1. The molecule has 112 valence electrons. The fraction of sp³-hybridized carbons (Fsp3) is 0.562. The molecule has 0 heterocycles. The van der Waals surface area contributed by atoms with Crippen LogP contribution in [0.4, 0.5) is 4.39 Å². The number of hydrogen-bond donors (Lipinski definition) is 2. The van der Waals surface area contributed by atoms with E-state index in [4.69, 9.17) is 5.73 Å². The number of carbonyl (C=O) groups is 1. The molecule has 2 atom stereocenters. The Bertz CT molecular complexity index is 449. The topological polar surface area (TPSA) is 55.1 Å². The lowest BCUT2D eigenvalue weighted by molar-refractivity contribution is -0.125. The van der Waals surface area contributed by atoms with Crippen molar-refractivity contribution in [3.63, 3.8) is 0 Å². The summed E-state index contributed by atoms with van der Waals surface area (Å²) >= 11 is 0. The second kappa shape index (κ2) is 6.35. The van der Waals surface area contributed by atoms with E-state index < -0.39 is 6.04 Å². The molecule has 3 N–H and O–H groups in total. The fourth-order valence-corrected chi connectivity index (χ4v) is 1.94. The van der Waals surface area contributed by atoms with Crippen molar-refractivity contribution < 1.29 is 9.18 Å². The van der Waals surface area contributed by atoms with Crippen molar-refractivity contribution in [2.24, 2.45) is 17.1 Å². The van der Waals surface area contributed by atoms with Crippen LogP contribution in [-0.4, -0.2) is 11.9 Å². The van der Waals surface area contributed by atoms with Crippen molar-refractivity contribution in [2.75, 3.05) is 0 Å². The minimum Gasteiger partial charge on any atom is -0.348 e. The number of halogens is 1. The molecule has 0 bridgehead atoms. The Morgan fingerprint density at radius 2 is 1.70 bits per heavy atom. The molecule has 1 unspecified atom stereocenters. The number of hydrogen-bond acceptors (Lipinski definition) is 2. The largest absolute Gasteiger partial charge is 0.348 e. The molecule has 0 radical (unpaired) electrons. The standard InChI is InChI=1S/C16H25FN2O/c1-10(2)13(11-6-8-12(17)9-7-11)19-15(20)14(18)16(3,4)5/h6-10,13-14H,18H2,1-5H3,(H,19,20)/t13?,14-/m0/s1. The van der Waals surface area contributed by atoms with Gasteiger partial charge in [0, 0.05) is 0 Å². The van der Waals surface area contributed by atoms with Crippen LogP contribution in [0.25, 0.3) is 0 Å². The van der Waals surface area contributed by atoms with Crippen LogP contribution >= 0.6 is 0 Å². The summed E-state index contributed by atoms with van der Waals surface area (Å²) in [5.74, 6) is -0.272. The van der Waals surface area contributed by atoms with Gasteiger partial charge in [-0.3, -0.25) is 4.79 Å². The summed E-state index contributed by atoms with van der Waals surface area (Å²) in [5.41, 5.74) is 6.56. The molecular formula is C16H25FN2O. The maximum Gasteiger partial charge on any atom is 0.237 e. The molecule has 1 amide bonds. The van der Waals surface area contributed by atoms with Gasteiger partial charge in [0.1, 0.15) is 5.82 Å². The quantitative estimate of drug-likeness (QED) is 0.890. The minimum absolute atomic E-state index is 0.170. The summed E-state index contributed by atoms with van der Waals surface area (Å²) in [6.07, 6.45) is 0. The highest BCUT2D eigenvalue weighted by Crippen LogP contribution is 2.24. The normalized spacial score (nSPS) is 15.0. The van der Waals surface area contributed by atoms with Crippen molar-refractivity contribution >= 4 is 5.91 Å². The lowest BCUT2D eigenvalue weighted by atomic mass is 9.86. The summed E-state index contributed by atoms with van der Waals surface area (Å²) in [4.78, 5) is 12.2. The Labute approximate surface area is 120 Å². The molecule has 1 rings (SSSR count). The van der Waals surface area contributed by atoms with E-state index in [1.807, 2.05) is 34.6 Å². The van der Waals surface area contributed by atoms with Crippen LogP contribution in [0.2, 0.25) is 0 Å². The molecule has 1 aromatic rings. The summed E-state index contributed by atoms with van der Waals surface area (Å²) in [6, 6.07) is 5.45. The maximum atomic E-state index is 13.0. The molecule has 4 heteroatoms. The predicted molar refractivity (Wildman–Crippen MR) is 79.6 cm³/mol. The third kappa shape index (κ3) is 4.30. The van der Waals surface area contributed by atoms with Crippen molar-refractivity contribution in [1.29, 1.82) is 0 Å². The van der Waals surface area contributed by atoms with Gasteiger partial charge in [-0.15, -0.1) is 0 Å². The molecule has 0 fully saturated rings. The van der Waals surface area contributed by atoms with Gasteiger partial charge >= 0.3 is 0 Å². The smallest absolute Gasteiger partial charge is 0.237 e. The third-order valence-electron chi connectivity index (χ3n) is 3.41. The van der Waals surface area contributed by atoms with Crippen LogP contribution in [0.3, 0.4) is 0 Å². The molecule has 0 aliphatic carbocycles. The molecule has 1 aromatic carbocycles. The van der Waals surface area contributed by atoms with Gasteiger partial charge in [-0.1, -0.05) is 46.8 Å². The first-order chi connectivity index (χ1) is 9.12.